The van der Waals surface area contributed by atoms with Crippen molar-refractivity contribution in [1.29, 1.82) is 0 Å². The molecule has 0 amide bonds. The molecular weight excluding hydrogens is 742 g/mol. The molecule has 3 aromatic rings. The predicted molar refractivity (Wildman–Crippen MR) is 157 cm³/mol. The summed E-state index contributed by atoms with van der Waals surface area (Å²) in [5.41, 5.74) is -5.51. The van der Waals surface area contributed by atoms with Gasteiger partial charge in [0.15, 0.2) is 9.84 Å². The second kappa shape index (κ2) is 10.7. The van der Waals surface area contributed by atoms with E-state index < -0.39 is 50.2 Å². The van der Waals surface area contributed by atoms with Crippen LogP contribution >= 0.6 is 22.6 Å². The minimum Gasteiger partial charge on any atom is -0.478 e. The van der Waals surface area contributed by atoms with Gasteiger partial charge in [-0.25, -0.2) is 17.6 Å². The number of aromatic carboxylic acids is 1. The average molecular weight is 768 g/mol. The molecule has 0 bridgehead atoms. The van der Waals surface area contributed by atoms with E-state index in [0.29, 0.717) is 25.0 Å². The Labute approximate surface area is 267 Å². The molecule has 14 heteroatoms. The zero-order valence-electron chi connectivity index (χ0n) is 23.2. The Morgan fingerprint density at radius 1 is 0.867 bits per heavy atom. The van der Waals surface area contributed by atoms with Crippen LogP contribution in [0.4, 0.5) is 30.7 Å². The number of fused-ring (bicyclic) bond motifs is 4. The van der Waals surface area contributed by atoms with Crippen LogP contribution in [-0.4, -0.2) is 49.3 Å². The van der Waals surface area contributed by atoms with Gasteiger partial charge < -0.3 is 5.11 Å². The van der Waals surface area contributed by atoms with Crippen molar-refractivity contribution < 1.29 is 49.1 Å². The number of carboxylic acid groups (broad SMARTS) is 1. The molecule has 0 aromatic heterocycles. The van der Waals surface area contributed by atoms with Gasteiger partial charge in [-0.1, -0.05) is 24.3 Å². The van der Waals surface area contributed by atoms with Crippen molar-refractivity contribution in [3.05, 3.63) is 97.6 Å². The number of benzene rings is 3. The summed E-state index contributed by atoms with van der Waals surface area (Å²) in [6.45, 7) is 0.248. The fraction of sp³-hybridized carbons (Fsp3) is 0.387. The van der Waals surface area contributed by atoms with Gasteiger partial charge in [-0.3, -0.25) is 4.90 Å². The first-order chi connectivity index (χ1) is 20.9. The van der Waals surface area contributed by atoms with Crippen LogP contribution in [0.1, 0.15) is 63.5 Å². The first-order valence-electron chi connectivity index (χ1n) is 14.0. The molecule has 1 fully saturated rings. The number of likely N-dealkylation sites (tertiary alicyclic amines) is 1. The van der Waals surface area contributed by atoms with E-state index in [1.54, 1.807) is 24.3 Å². The van der Waals surface area contributed by atoms with Gasteiger partial charge in [-0.15, -0.1) is 0 Å². The number of carboxylic acids is 1. The lowest BCUT2D eigenvalue weighted by atomic mass is 9.76. The van der Waals surface area contributed by atoms with Gasteiger partial charge in [-0.2, -0.15) is 26.3 Å². The Morgan fingerprint density at radius 2 is 1.51 bits per heavy atom. The van der Waals surface area contributed by atoms with Crippen molar-refractivity contribution in [3.8, 4) is 0 Å². The van der Waals surface area contributed by atoms with Crippen LogP contribution in [0, 0.1) is 3.57 Å². The van der Waals surface area contributed by atoms with Gasteiger partial charge in [0.05, 0.1) is 10.5 Å². The van der Waals surface area contributed by atoms with E-state index in [4.69, 9.17) is 0 Å². The van der Waals surface area contributed by atoms with Crippen molar-refractivity contribution in [2.75, 3.05) is 6.54 Å². The second-order valence-corrected chi connectivity index (χ2v) is 15.1. The molecule has 5 nitrogen and oxygen atoms in total. The second-order valence-electron chi connectivity index (χ2n) is 11.7. The van der Waals surface area contributed by atoms with Gasteiger partial charge in [0.25, 0.3) is 0 Å². The van der Waals surface area contributed by atoms with E-state index in [1.165, 1.54) is 18.2 Å². The molecule has 6 rings (SSSR count). The maximum atomic E-state index is 15.1. The summed E-state index contributed by atoms with van der Waals surface area (Å²) in [7, 11) is -4.31. The monoisotopic (exact) mass is 767 g/mol. The molecule has 3 atom stereocenters. The van der Waals surface area contributed by atoms with E-state index in [1.807, 2.05) is 27.5 Å². The highest BCUT2D eigenvalue weighted by Crippen LogP contribution is 2.58. The fourth-order valence-corrected chi connectivity index (χ4v) is 10.3. The smallest absolute Gasteiger partial charge is 0.435 e. The van der Waals surface area contributed by atoms with Crippen LogP contribution in [0.5, 0.6) is 0 Å². The molecule has 1 saturated heterocycles. The highest BCUT2D eigenvalue weighted by atomic mass is 127. The Bertz CT molecular complexity index is 1780. The van der Waals surface area contributed by atoms with Crippen LogP contribution in [0.15, 0.2) is 65.6 Å². The number of nitrogens with zero attached hydrogens (tertiary/aromatic N) is 1. The van der Waals surface area contributed by atoms with Crippen molar-refractivity contribution >= 4 is 38.4 Å². The third-order valence-corrected chi connectivity index (χ3v) is 12.8. The topological polar surface area (TPSA) is 74.7 Å². The van der Waals surface area contributed by atoms with E-state index in [0.717, 1.165) is 20.8 Å². The molecule has 0 radical (unpaired) electrons. The van der Waals surface area contributed by atoms with Gasteiger partial charge in [0.1, 0.15) is 4.75 Å². The molecule has 45 heavy (non-hydrogen) atoms. The number of sulfone groups is 1. The normalized spacial score (nSPS) is 23.8. The van der Waals surface area contributed by atoms with Gasteiger partial charge in [-0.05, 0) is 113 Å². The number of alkyl halides is 7. The quantitative estimate of drug-likeness (QED) is 0.213. The SMILES string of the molecule is O=C(O)c1ccc2c(c1)CCC2N1CC[C@@]2(S(=O)(=O)c3ccc(I)cc3)c3ccc(C(F)(C(F)(F)F)C(F)(F)F)cc3CC[C@@H]12. The Kier molecular flexibility index (Phi) is 7.63. The molecule has 3 aliphatic rings. The Morgan fingerprint density at radius 3 is 2.13 bits per heavy atom. The molecule has 0 saturated carbocycles. The number of rotatable bonds is 5. The lowest BCUT2D eigenvalue weighted by Crippen LogP contribution is -2.52. The van der Waals surface area contributed by atoms with Gasteiger partial charge in [0.2, 0.25) is 0 Å². The number of aryl methyl sites for hydroxylation is 2. The summed E-state index contributed by atoms with van der Waals surface area (Å²) in [6, 6.07) is 11.7. The summed E-state index contributed by atoms with van der Waals surface area (Å²) in [4.78, 5) is 13.5. The number of hydrogen-bond acceptors (Lipinski definition) is 4. The summed E-state index contributed by atoms with van der Waals surface area (Å²) < 4.78 is 125. The lowest BCUT2D eigenvalue weighted by Gasteiger charge is -2.44. The molecular formula is C31H25F7INO4S. The van der Waals surface area contributed by atoms with E-state index in [2.05, 4.69) is 0 Å². The minimum atomic E-state index is -6.30. The van der Waals surface area contributed by atoms with Gasteiger partial charge in [0, 0.05) is 27.8 Å². The molecule has 0 spiro atoms. The number of carbonyl (C=O) groups is 1. The zero-order chi connectivity index (χ0) is 32.7. The molecule has 240 valence electrons. The number of hydrogen-bond donors (Lipinski definition) is 1. The van der Waals surface area contributed by atoms with Crippen LogP contribution < -0.4 is 0 Å². The summed E-state index contributed by atoms with van der Waals surface area (Å²) in [5.74, 6) is -1.08. The molecule has 2 aliphatic carbocycles. The first-order valence-corrected chi connectivity index (χ1v) is 16.6. The maximum Gasteiger partial charge on any atom is 0.435 e. The van der Waals surface area contributed by atoms with Gasteiger partial charge >= 0.3 is 24.0 Å². The van der Waals surface area contributed by atoms with E-state index >= 15 is 4.39 Å². The fourth-order valence-electron chi connectivity index (χ4n) is 7.53. The molecule has 1 unspecified atom stereocenters. The van der Waals surface area contributed by atoms with Crippen molar-refractivity contribution in [1.82, 2.24) is 4.90 Å². The largest absolute Gasteiger partial charge is 0.478 e. The maximum absolute atomic E-state index is 15.1. The third-order valence-electron chi connectivity index (χ3n) is 9.55. The number of halogens is 8. The molecule has 1 aliphatic heterocycles. The van der Waals surface area contributed by atoms with Crippen molar-refractivity contribution in [2.45, 2.75) is 71.9 Å². The predicted octanol–water partition coefficient (Wildman–Crippen LogP) is 7.66. The summed E-state index contributed by atoms with van der Waals surface area (Å²) >= 11 is 2.01. The molecule has 1 heterocycles. The van der Waals surface area contributed by atoms with E-state index in [-0.39, 0.29) is 53.4 Å². The molecule has 1 N–H and O–H groups in total. The third kappa shape index (κ3) is 4.71. The first kappa shape index (κ1) is 32.2. The highest BCUT2D eigenvalue weighted by Gasteiger charge is 2.74. The van der Waals surface area contributed by atoms with Crippen molar-refractivity contribution in [3.63, 3.8) is 0 Å². The minimum absolute atomic E-state index is 0.00329. The lowest BCUT2D eigenvalue weighted by molar-refractivity contribution is -0.348. The summed E-state index contributed by atoms with van der Waals surface area (Å²) in [6.07, 6.45) is -11.5. The average Bonchev–Trinajstić information content (AvgIpc) is 3.57. The Hall–Kier alpha value is -2.72. The van der Waals surface area contributed by atoms with Crippen molar-refractivity contribution in [2.24, 2.45) is 0 Å². The summed E-state index contributed by atoms with van der Waals surface area (Å²) in [5, 5.41) is 9.42. The van der Waals surface area contributed by atoms with Crippen LogP contribution in [0.25, 0.3) is 0 Å². The van der Waals surface area contributed by atoms with Crippen LogP contribution in [0.2, 0.25) is 0 Å². The van der Waals surface area contributed by atoms with Crippen LogP contribution in [-0.2, 0) is 33.1 Å². The standard InChI is InChI=1S/C31H25F7INO4S/c32-29(30(33,34)35,31(36,37)38)20-4-10-24-18(16-20)3-12-26-28(24,45(43,44)22-7-5-21(39)6-8-22)13-14-40(26)25-11-2-17-15-19(27(41)42)1-9-23(17)25/h1,4-10,15-16,25-26H,2-3,11-14H2,(H,41,42)/t25?,26-,28-/m1/s1. The van der Waals surface area contributed by atoms with Crippen LogP contribution in [0.3, 0.4) is 0 Å². The Balaban J connectivity index is 1.51. The highest BCUT2D eigenvalue weighted by molar-refractivity contribution is 14.1. The zero-order valence-corrected chi connectivity index (χ0v) is 26.2. The van der Waals surface area contributed by atoms with E-state index in [9.17, 15) is 44.7 Å². The molecule has 3 aromatic carbocycles.